The molecule has 1 aliphatic heterocycles. The van der Waals surface area contributed by atoms with E-state index in [1.165, 1.54) is 26.4 Å². The van der Waals surface area contributed by atoms with Crippen LogP contribution in [0, 0.1) is 0 Å². The lowest BCUT2D eigenvalue weighted by Gasteiger charge is -2.09. The van der Waals surface area contributed by atoms with Gasteiger partial charge in [-0.05, 0) is 24.3 Å². The van der Waals surface area contributed by atoms with E-state index in [0.717, 1.165) is 6.26 Å². The number of hydrogen-bond donors (Lipinski definition) is 2. The number of rotatable bonds is 5. The molecule has 0 radical (unpaired) electrons. The molecule has 0 spiro atoms. The van der Waals surface area contributed by atoms with Crippen LogP contribution in [0.1, 0.15) is 11.5 Å². The first-order chi connectivity index (χ1) is 14.2. The Morgan fingerprint density at radius 1 is 1.17 bits per heavy atom. The predicted molar refractivity (Wildman–Crippen MR) is 107 cm³/mol. The van der Waals surface area contributed by atoms with Crippen LogP contribution in [0.25, 0.3) is 22.4 Å². The molecule has 11 heteroatoms. The van der Waals surface area contributed by atoms with Gasteiger partial charge in [0.25, 0.3) is 0 Å². The van der Waals surface area contributed by atoms with Crippen LogP contribution in [-0.4, -0.2) is 50.7 Å². The van der Waals surface area contributed by atoms with Gasteiger partial charge in [0.2, 0.25) is 5.91 Å². The van der Waals surface area contributed by atoms with E-state index in [2.05, 4.69) is 15.3 Å². The number of benzene rings is 2. The molecule has 1 amide bonds. The maximum Gasteiger partial charge on any atom is 0.322 e. The summed E-state index contributed by atoms with van der Waals surface area (Å²) >= 11 is 0. The van der Waals surface area contributed by atoms with Gasteiger partial charge in [-0.1, -0.05) is 0 Å². The number of esters is 1. The quantitative estimate of drug-likeness (QED) is 0.354. The summed E-state index contributed by atoms with van der Waals surface area (Å²) in [5, 5.41) is 2.67. The van der Waals surface area contributed by atoms with Crippen LogP contribution in [0.2, 0.25) is 0 Å². The molecule has 2 N–H and O–H groups in total. The van der Waals surface area contributed by atoms with Gasteiger partial charge in [0.05, 0.1) is 37.1 Å². The monoisotopic (exact) mass is 431 g/mol. The number of H-pyrrole nitrogens is 1. The molecule has 0 aliphatic carbocycles. The number of nitrogens with one attached hydrogen (secondary N) is 2. The lowest BCUT2D eigenvalue weighted by Crippen LogP contribution is -2.21. The summed E-state index contributed by atoms with van der Waals surface area (Å²) in [6.45, 7) is 0. The molecule has 0 fully saturated rings. The second-order valence-electron chi connectivity index (χ2n) is 6.64. The van der Waals surface area contributed by atoms with Gasteiger partial charge in [0, 0.05) is 17.3 Å². The van der Waals surface area contributed by atoms with Crippen molar-refractivity contribution in [3.05, 3.63) is 35.9 Å². The number of amides is 1. The zero-order chi connectivity index (χ0) is 21.6. The van der Waals surface area contributed by atoms with Crippen LogP contribution in [0.5, 0.6) is 11.5 Å². The average Bonchev–Trinajstić information content (AvgIpc) is 3.23. The van der Waals surface area contributed by atoms with E-state index < -0.39 is 27.9 Å². The Kier molecular flexibility index (Phi) is 4.61. The zero-order valence-electron chi connectivity index (χ0n) is 16.2. The molecular weight excluding hydrogens is 414 g/mol. The first-order valence-electron chi connectivity index (χ1n) is 8.70. The van der Waals surface area contributed by atoms with Crippen LogP contribution in [0.4, 0.5) is 5.69 Å². The second-order valence-corrected chi connectivity index (χ2v) is 8.21. The van der Waals surface area contributed by atoms with Crippen LogP contribution in [0.3, 0.4) is 0 Å². The lowest BCUT2D eigenvalue weighted by molar-refractivity contribution is -0.144. The van der Waals surface area contributed by atoms with Gasteiger partial charge < -0.3 is 24.0 Å². The van der Waals surface area contributed by atoms with Gasteiger partial charge in [0.1, 0.15) is 17.3 Å². The maximum atomic E-state index is 12.1. The minimum atomic E-state index is -3.68. The molecular formula is C19H17N3O7S. The molecule has 2 aromatic carbocycles. The highest BCUT2D eigenvalue weighted by molar-refractivity contribution is 7.86. The Balaban J connectivity index is 1.77. The highest BCUT2D eigenvalue weighted by Gasteiger charge is 2.38. The van der Waals surface area contributed by atoms with E-state index in [1.807, 2.05) is 0 Å². The fraction of sp³-hybridized carbons (Fsp3) is 0.211. The van der Waals surface area contributed by atoms with E-state index in [0.29, 0.717) is 39.4 Å². The molecule has 1 aromatic heterocycles. The maximum absolute atomic E-state index is 12.1. The van der Waals surface area contributed by atoms with Gasteiger partial charge in [-0.2, -0.15) is 8.42 Å². The Morgan fingerprint density at radius 2 is 1.93 bits per heavy atom. The van der Waals surface area contributed by atoms with Crippen LogP contribution in [0.15, 0.2) is 30.3 Å². The number of anilines is 1. The van der Waals surface area contributed by atoms with Crippen molar-refractivity contribution in [1.82, 2.24) is 9.97 Å². The molecule has 1 aliphatic rings. The summed E-state index contributed by atoms with van der Waals surface area (Å²) in [5.74, 6) is -1.23. The topological polar surface area (TPSA) is 137 Å². The Labute approximate surface area is 171 Å². The summed E-state index contributed by atoms with van der Waals surface area (Å²) < 4.78 is 37.7. The van der Waals surface area contributed by atoms with Crippen molar-refractivity contribution < 1.29 is 31.7 Å². The van der Waals surface area contributed by atoms with Crippen molar-refractivity contribution in [1.29, 1.82) is 0 Å². The van der Waals surface area contributed by atoms with Crippen LogP contribution < -0.4 is 14.2 Å². The molecule has 3 aromatic rings. The summed E-state index contributed by atoms with van der Waals surface area (Å²) in [4.78, 5) is 31.8. The molecule has 1 atom stereocenters. The molecule has 0 bridgehead atoms. The Hall–Kier alpha value is -3.60. The van der Waals surface area contributed by atoms with E-state index in [1.54, 1.807) is 18.2 Å². The van der Waals surface area contributed by atoms with Crippen molar-refractivity contribution in [3.63, 3.8) is 0 Å². The minimum absolute atomic E-state index is 0.108. The van der Waals surface area contributed by atoms with Gasteiger partial charge >= 0.3 is 16.1 Å². The van der Waals surface area contributed by atoms with E-state index in [-0.39, 0.29) is 5.75 Å². The Morgan fingerprint density at radius 3 is 2.60 bits per heavy atom. The molecule has 2 heterocycles. The molecule has 0 saturated heterocycles. The molecule has 0 saturated carbocycles. The van der Waals surface area contributed by atoms with Gasteiger partial charge in [-0.25, -0.2) is 4.98 Å². The summed E-state index contributed by atoms with van der Waals surface area (Å²) in [5.41, 5.74) is 2.73. The highest BCUT2D eigenvalue weighted by Crippen LogP contribution is 2.38. The molecule has 1 unspecified atom stereocenters. The number of hydrogen-bond acceptors (Lipinski definition) is 8. The van der Waals surface area contributed by atoms with Gasteiger partial charge in [-0.15, -0.1) is 0 Å². The number of ether oxygens (including phenoxy) is 2. The number of methoxy groups -OCH3 is 2. The lowest BCUT2D eigenvalue weighted by atomic mass is 10.0. The smallest absolute Gasteiger partial charge is 0.322 e. The molecule has 30 heavy (non-hydrogen) atoms. The summed E-state index contributed by atoms with van der Waals surface area (Å²) in [6.07, 6.45) is 0.951. The number of carbonyl (C=O) groups is 2. The minimum Gasteiger partial charge on any atom is -0.496 e. The van der Waals surface area contributed by atoms with Crippen molar-refractivity contribution >= 4 is 38.7 Å². The number of nitrogens with zero attached hydrogens (tertiary/aromatic N) is 1. The number of aromatic amines is 1. The van der Waals surface area contributed by atoms with E-state index in [9.17, 15) is 18.0 Å². The van der Waals surface area contributed by atoms with E-state index in [4.69, 9.17) is 13.7 Å². The van der Waals surface area contributed by atoms with Gasteiger partial charge in [0.15, 0.2) is 5.92 Å². The fourth-order valence-electron chi connectivity index (χ4n) is 3.34. The third-order valence-electron chi connectivity index (χ3n) is 4.60. The Bertz CT molecular complexity index is 1300. The zero-order valence-corrected chi connectivity index (χ0v) is 17.0. The third-order valence-corrected chi connectivity index (χ3v) is 5.09. The van der Waals surface area contributed by atoms with E-state index >= 15 is 0 Å². The third kappa shape index (κ3) is 3.43. The first-order valence-corrected chi connectivity index (χ1v) is 10.5. The molecule has 4 rings (SSSR count). The standard InChI is InChI=1S/C19H17N3O7S/c1-27-15-6-9(29-30(3,25)26)4-5-10(15)17-20-13-7-11-12(8-14(13)21-17)22-18(23)16(11)19(24)28-2/h4-8,16H,1-3H3,(H,20,21)(H,22,23). The molecule has 156 valence electrons. The number of aromatic nitrogens is 2. The second kappa shape index (κ2) is 7.02. The summed E-state index contributed by atoms with van der Waals surface area (Å²) in [7, 11) is -1.01. The first kappa shape index (κ1) is 19.7. The van der Waals surface area contributed by atoms with Crippen LogP contribution >= 0.6 is 0 Å². The summed E-state index contributed by atoms with van der Waals surface area (Å²) in [6, 6.07) is 7.88. The average molecular weight is 431 g/mol. The number of fused-ring (bicyclic) bond motifs is 2. The van der Waals surface area contributed by atoms with Crippen molar-refractivity contribution in [2.75, 3.05) is 25.8 Å². The van der Waals surface area contributed by atoms with Crippen molar-refractivity contribution in [2.45, 2.75) is 5.92 Å². The largest absolute Gasteiger partial charge is 0.496 e. The van der Waals surface area contributed by atoms with Crippen LogP contribution in [-0.2, 0) is 24.4 Å². The predicted octanol–water partition coefficient (Wildman–Crippen LogP) is 1.79. The fourth-order valence-corrected chi connectivity index (χ4v) is 3.79. The number of carbonyl (C=O) groups excluding carboxylic acids is 2. The normalized spacial score (nSPS) is 15.6. The highest BCUT2D eigenvalue weighted by atomic mass is 32.2. The number of imidazole rings is 1. The molecule has 10 nitrogen and oxygen atoms in total. The van der Waals surface area contributed by atoms with Gasteiger partial charge in [-0.3, -0.25) is 9.59 Å². The SMILES string of the molecule is COC(=O)C1C(=O)Nc2cc3[nH]c(-c4ccc(OS(C)(=O)=O)cc4OC)nc3cc21. The van der Waals surface area contributed by atoms with Crippen molar-refractivity contribution in [3.8, 4) is 22.9 Å². The van der Waals surface area contributed by atoms with Crippen molar-refractivity contribution in [2.24, 2.45) is 0 Å².